The van der Waals surface area contributed by atoms with Crippen LogP contribution < -0.4 is 5.32 Å². The largest absolute Gasteiger partial charge is 0.460 e. The van der Waals surface area contributed by atoms with E-state index >= 15 is 0 Å². The fraction of sp³-hybridized carbons (Fsp3) is 0.385. The minimum Gasteiger partial charge on any atom is -0.460 e. The van der Waals surface area contributed by atoms with Crippen LogP contribution in [0, 0.1) is 0 Å². The second-order valence-electron chi connectivity index (χ2n) is 4.48. The topological polar surface area (TPSA) is 28.4 Å². The Labute approximate surface area is 95.0 Å². The number of nitrogens with one attached hydrogen (secondary N) is 1. The lowest BCUT2D eigenvalue weighted by atomic mass is 10.1. The van der Waals surface area contributed by atoms with Crippen LogP contribution in [-0.2, 0) is 6.54 Å². The Hall–Kier alpha value is -1.32. The molecule has 1 N–H and O–H groups in total. The molecule has 0 saturated carbocycles. The van der Waals surface area contributed by atoms with Crippen molar-refractivity contribution in [2.24, 2.45) is 0 Å². The van der Waals surface area contributed by atoms with Gasteiger partial charge in [-0.15, -0.1) is 0 Å². The molecule has 0 atom stereocenters. The van der Waals surface area contributed by atoms with E-state index in [1.54, 1.807) is 0 Å². The Balaban J connectivity index is 1.78. The predicted octanol–water partition coefficient (Wildman–Crippen LogP) is 1.84. The summed E-state index contributed by atoms with van der Waals surface area (Å²) in [5.74, 6) is 1.05. The van der Waals surface area contributed by atoms with E-state index in [1.165, 1.54) is 5.39 Å². The first-order chi connectivity index (χ1) is 7.83. The van der Waals surface area contributed by atoms with Crippen molar-refractivity contribution in [3.05, 3.63) is 36.1 Å². The molecule has 3 heteroatoms. The molecule has 2 heterocycles. The summed E-state index contributed by atoms with van der Waals surface area (Å²) in [5.41, 5.74) is 0.984. The number of likely N-dealkylation sites (N-methyl/N-ethyl adjacent to an activating group) is 1. The summed E-state index contributed by atoms with van der Waals surface area (Å²) < 4.78 is 5.80. The van der Waals surface area contributed by atoms with Gasteiger partial charge in [-0.25, -0.2) is 0 Å². The molecule has 3 nitrogen and oxygen atoms in total. The van der Waals surface area contributed by atoms with Crippen molar-refractivity contribution in [3.63, 3.8) is 0 Å². The zero-order valence-corrected chi connectivity index (χ0v) is 9.44. The summed E-state index contributed by atoms with van der Waals surface area (Å²) >= 11 is 0. The second kappa shape index (κ2) is 3.92. The molecule has 0 amide bonds. The van der Waals surface area contributed by atoms with E-state index in [1.807, 2.05) is 18.2 Å². The Bertz CT molecular complexity index is 454. The van der Waals surface area contributed by atoms with Crippen LogP contribution in [0.4, 0.5) is 0 Å². The molecule has 1 aromatic heterocycles. The van der Waals surface area contributed by atoms with E-state index in [0.717, 1.165) is 31.0 Å². The smallest absolute Gasteiger partial charge is 0.134 e. The van der Waals surface area contributed by atoms with Gasteiger partial charge in [-0.1, -0.05) is 18.2 Å². The first-order valence-electron chi connectivity index (χ1n) is 5.71. The van der Waals surface area contributed by atoms with Crippen LogP contribution in [0.1, 0.15) is 5.76 Å². The van der Waals surface area contributed by atoms with Crippen LogP contribution >= 0.6 is 0 Å². The summed E-state index contributed by atoms with van der Waals surface area (Å²) in [6, 6.07) is 11.0. The fourth-order valence-corrected chi connectivity index (χ4v) is 2.07. The van der Waals surface area contributed by atoms with Gasteiger partial charge in [0, 0.05) is 24.5 Å². The van der Waals surface area contributed by atoms with Crippen molar-refractivity contribution in [2.45, 2.75) is 12.6 Å². The SMILES string of the molecule is CN(Cc1cc2ccccc2o1)C1CNC1. The van der Waals surface area contributed by atoms with E-state index in [-0.39, 0.29) is 0 Å². The third-order valence-electron chi connectivity index (χ3n) is 3.27. The van der Waals surface area contributed by atoms with Crippen LogP contribution in [0.25, 0.3) is 11.0 Å². The molecule has 0 aliphatic carbocycles. The number of fused-ring (bicyclic) bond motifs is 1. The third-order valence-corrected chi connectivity index (χ3v) is 3.27. The van der Waals surface area contributed by atoms with Gasteiger partial charge in [0.15, 0.2) is 0 Å². The average molecular weight is 216 g/mol. The average Bonchev–Trinajstić information content (AvgIpc) is 2.56. The van der Waals surface area contributed by atoms with Gasteiger partial charge in [0.25, 0.3) is 0 Å². The van der Waals surface area contributed by atoms with Gasteiger partial charge >= 0.3 is 0 Å². The number of nitrogens with zero attached hydrogens (tertiary/aromatic N) is 1. The maximum atomic E-state index is 5.80. The summed E-state index contributed by atoms with van der Waals surface area (Å²) in [7, 11) is 2.15. The number of para-hydroxylation sites is 1. The Kier molecular flexibility index (Phi) is 2.42. The van der Waals surface area contributed by atoms with E-state index in [2.05, 4.69) is 29.4 Å². The van der Waals surface area contributed by atoms with Crippen LogP contribution in [0.2, 0.25) is 0 Å². The molecule has 0 radical (unpaired) electrons. The van der Waals surface area contributed by atoms with Gasteiger partial charge < -0.3 is 9.73 Å². The molecule has 1 saturated heterocycles. The van der Waals surface area contributed by atoms with Crippen LogP contribution in [0.15, 0.2) is 34.7 Å². The number of furan rings is 1. The fourth-order valence-electron chi connectivity index (χ4n) is 2.07. The minimum atomic E-state index is 0.660. The Morgan fingerprint density at radius 3 is 2.88 bits per heavy atom. The Morgan fingerprint density at radius 1 is 1.38 bits per heavy atom. The van der Waals surface area contributed by atoms with Gasteiger partial charge in [0.1, 0.15) is 11.3 Å². The monoisotopic (exact) mass is 216 g/mol. The number of benzene rings is 1. The highest BCUT2D eigenvalue weighted by Crippen LogP contribution is 2.20. The van der Waals surface area contributed by atoms with Gasteiger partial charge in [0.05, 0.1) is 6.54 Å². The lowest BCUT2D eigenvalue weighted by Crippen LogP contribution is -2.55. The van der Waals surface area contributed by atoms with E-state index < -0.39 is 0 Å². The summed E-state index contributed by atoms with van der Waals surface area (Å²) in [5, 5.41) is 4.47. The zero-order chi connectivity index (χ0) is 11.0. The molecule has 0 bridgehead atoms. The second-order valence-corrected chi connectivity index (χ2v) is 4.48. The highest BCUT2D eigenvalue weighted by Gasteiger charge is 2.22. The molecular formula is C13H16N2O. The van der Waals surface area contributed by atoms with Gasteiger partial charge in [-0.3, -0.25) is 4.90 Å². The summed E-state index contributed by atoms with van der Waals surface area (Å²) in [6.07, 6.45) is 0. The molecule has 1 aliphatic heterocycles. The molecule has 1 aromatic carbocycles. The first-order valence-corrected chi connectivity index (χ1v) is 5.71. The molecule has 0 spiro atoms. The minimum absolute atomic E-state index is 0.660. The molecule has 16 heavy (non-hydrogen) atoms. The zero-order valence-electron chi connectivity index (χ0n) is 9.44. The van der Waals surface area contributed by atoms with Crippen molar-refractivity contribution >= 4 is 11.0 Å². The number of hydrogen-bond donors (Lipinski definition) is 1. The molecule has 1 fully saturated rings. The highest BCUT2D eigenvalue weighted by atomic mass is 16.3. The van der Waals surface area contributed by atoms with Gasteiger partial charge in [-0.05, 0) is 19.2 Å². The van der Waals surface area contributed by atoms with Crippen LogP contribution in [-0.4, -0.2) is 31.1 Å². The normalized spacial score (nSPS) is 16.9. The molecule has 0 unspecified atom stereocenters. The molecule has 3 rings (SSSR count). The lowest BCUT2D eigenvalue weighted by molar-refractivity contribution is 0.163. The van der Waals surface area contributed by atoms with Crippen molar-refractivity contribution in [1.29, 1.82) is 0 Å². The van der Waals surface area contributed by atoms with Crippen LogP contribution in [0.3, 0.4) is 0 Å². The van der Waals surface area contributed by atoms with E-state index in [4.69, 9.17) is 4.42 Å². The number of hydrogen-bond acceptors (Lipinski definition) is 3. The van der Waals surface area contributed by atoms with Crippen molar-refractivity contribution in [2.75, 3.05) is 20.1 Å². The molecule has 1 aliphatic rings. The van der Waals surface area contributed by atoms with Crippen LogP contribution in [0.5, 0.6) is 0 Å². The van der Waals surface area contributed by atoms with Crippen molar-refractivity contribution in [3.8, 4) is 0 Å². The standard InChI is InChI=1S/C13H16N2O/c1-15(11-7-14-8-11)9-12-6-10-4-2-3-5-13(10)16-12/h2-6,11,14H,7-9H2,1H3. The molecule has 2 aromatic rings. The molecular weight excluding hydrogens is 200 g/mol. The van der Waals surface area contributed by atoms with E-state index in [0.29, 0.717) is 6.04 Å². The summed E-state index contributed by atoms with van der Waals surface area (Å²) in [6.45, 7) is 3.08. The lowest BCUT2D eigenvalue weighted by Gasteiger charge is -2.35. The highest BCUT2D eigenvalue weighted by molar-refractivity contribution is 5.77. The maximum Gasteiger partial charge on any atom is 0.134 e. The quantitative estimate of drug-likeness (QED) is 0.848. The van der Waals surface area contributed by atoms with Crippen molar-refractivity contribution < 1.29 is 4.42 Å². The first kappa shape index (κ1) is 9.87. The predicted molar refractivity (Wildman–Crippen MR) is 64.3 cm³/mol. The third kappa shape index (κ3) is 1.72. The number of rotatable bonds is 3. The Morgan fingerprint density at radius 2 is 2.19 bits per heavy atom. The van der Waals surface area contributed by atoms with Gasteiger partial charge in [-0.2, -0.15) is 0 Å². The maximum absolute atomic E-state index is 5.80. The van der Waals surface area contributed by atoms with Gasteiger partial charge in [0.2, 0.25) is 0 Å². The van der Waals surface area contributed by atoms with E-state index in [9.17, 15) is 0 Å². The molecule has 84 valence electrons. The summed E-state index contributed by atoms with van der Waals surface area (Å²) in [4.78, 5) is 2.34. The van der Waals surface area contributed by atoms with Crippen molar-refractivity contribution in [1.82, 2.24) is 10.2 Å².